The molecule has 43 heavy (non-hydrogen) atoms. The molecule has 0 heterocycles. The number of esters is 2. The molecule has 0 rings (SSSR count). The summed E-state index contributed by atoms with van der Waals surface area (Å²) >= 11 is 0. The van der Waals surface area contributed by atoms with E-state index in [1.807, 2.05) is 0 Å². The fourth-order valence-electron chi connectivity index (χ4n) is 5.68. The van der Waals surface area contributed by atoms with Crippen molar-refractivity contribution in [3.05, 3.63) is 0 Å². The van der Waals surface area contributed by atoms with Crippen LogP contribution in [0.15, 0.2) is 0 Å². The maximum Gasteiger partial charge on any atom is 0.306 e. The highest BCUT2D eigenvalue weighted by Gasteiger charge is 2.16. The van der Waals surface area contributed by atoms with Crippen LogP contribution in [0.4, 0.5) is 0 Å². The molecule has 0 saturated heterocycles. The standard InChI is InChI=1S/C38H74O5/c1-4-5-6-7-8-9-10-11-12-13-16-20-23-26-29-32-38(41)43-36(33-39)34-42-37(40)31-28-25-22-19-17-14-15-18-21-24-27-30-35(2)3/h35-36,39H,4-34H2,1-3H3/t36-/m0/s1. The summed E-state index contributed by atoms with van der Waals surface area (Å²) < 4.78 is 10.6. The zero-order valence-electron chi connectivity index (χ0n) is 29.2. The van der Waals surface area contributed by atoms with E-state index in [0.717, 1.165) is 44.4 Å². The maximum absolute atomic E-state index is 12.1. The van der Waals surface area contributed by atoms with Crippen LogP contribution in [0, 0.1) is 5.92 Å². The second kappa shape index (κ2) is 33.8. The Morgan fingerprint density at radius 1 is 0.512 bits per heavy atom. The summed E-state index contributed by atoms with van der Waals surface area (Å²) in [5, 5.41) is 9.53. The molecule has 0 amide bonds. The van der Waals surface area contributed by atoms with Crippen molar-refractivity contribution in [2.75, 3.05) is 13.2 Å². The summed E-state index contributed by atoms with van der Waals surface area (Å²) in [7, 11) is 0. The van der Waals surface area contributed by atoms with E-state index in [4.69, 9.17) is 9.47 Å². The van der Waals surface area contributed by atoms with Gasteiger partial charge in [0.1, 0.15) is 6.61 Å². The van der Waals surface area contributed by atoms with Crippen molar-refractivity contribution >= 4 is 11.9 Å². The van der Waals surface area contributed by atoms with E-state index in [1.54, 1.807) is 0 Å². The van der Waals surface area contributed by atoms with Crippen LogP contribution in [0.1, 0.15) is 207 Å². The number of ether oxygens (including phenoxy) is 2. The SMILES string of the molecule is CCCCCCCCCCCCCCCCCC(=O)O[C@@H](CO)COC(=O)CCCCCCCCCCCCCC(C)C. The van der Waals surface area contributed by atoms with E-state index in [0.29, 0.717) is 12.8 Å². The first-order chi connectivity index (χ1) is 21.0. The lowest BCUT2D eigenvalue weighted by atomic mass is 10.0. The van der Waals surface area contributed by atoms with E-state index < -0.39 is 6.10 Å². The van der Waals surface area contributed by atoms with Crippen molar-refractivity contribution in [1.29, 1.82) is 0 Å². The van der Waals surface area contributed by atoms with Crippen molar-refractivity contribution in [3.63, 3.8) is 0 Å². The first-order valence-corrected chi connectivity index (χ1v) is 19.0. The molecule has 0 saturated carbocycles. The Kier molecular flexibility index (Phi) is 32.9. The molecular weight excluding hydrogens is 536 g/mol. The van der Waals surface area contributed by atoms with Gasteiger partial charge in [-0.15, -0.1) is 0 Å². The van der Waals surface area contributed by atoms with Crippen LogP contribution < -0.4 is 0 Å². The number of hydrogen-bond acceptors (Lipinski definition) is 5. The van der Waals surface area contributed by atoms with Gasteiger partial charge < -0.3 is 14.6 Å². The largest absolute Gasteiger partial charge is 0.462 e. The minimum atomic E-state index is -0.761. The Hall–Kier alpha value is -1.10. The zero-order chi connectivity index (χ0) is 31.6. The van der Waals surface area contributed by atoms with Gasteiger partial charge in [-0.3, -0.25) is 9.59 Å². The molecule has 5 heteroatoms. The lowest BCUT2D eigenvalue weighted by Crippen LogP contribution is -2.28. The molecule has 0 unspecified atom stereocenters. The lowest BCUT2D eigenvalue weighted by Gasteiger charge is -2.15. The molecule has 0 aliphatic rings. The van der Waals surface area contributed by atoms with Gasteiger partial charge in [0.15, 0.2) is 6.10 Å². The number of rotatable bonds is 34. The molecule has 0 spiro atoms. The molecule has 0 aromatic carbocycles. The predicted octanol–water partition coefficient (Wildman–Crippen LogP) is 11.4. The van der Waals surface area contributed by atoms with Crippen molar-refractivity contribution in [1.82, 2.24) is 0 Å². The van der Waals surface area contributed by atoms with E-state index in [2.05, 4.69) is 20.8 Å². The Balaban J connectivity index is 3.51. The lowest BCUT2D eigenvalue weighted by molar-refractivity contribution is -0.161. The molecule has 0 radical (unpaired) electrons. The molecule has 0 aliphatic heterocycles. The van der Waals surface area contributed by atoms with Crippen LogP contribution in [0.25, 0.3) is 0 Å². The first kappa shape index (κ1) is 41.9. The van der Waals surface area contributed by atoms with Crippen LogP contribution in [-0.2, 0) is 19.1 Å². The topological polar surface area (TPSA) is 72.8 Å². The maximum atomic E-state index is 12.1. The smallest absolute Gasteiger partial charge is 0.306 e. The van der Waals surface area contributed by atoms with Crippen molar-refractivity contribution in [2.24, 2.45) is 5.92 Å². The minimum Gasteiger partial charge on any atom is -0.462 e. The van der Waals surface area contributed by atoms with E-state index in [-0.39, 0.29) is 25.2 Å². The van der Waals surface area contributed by atoms with Crippen molar-refractivity contribution in [3.8, 4) is 0 Å². The van der Waals surface area contributed by atoms with Gasteiger partial charge in [-0.1, -0.05) is 181 Å². The van der Waals surface area contributed by atoms with Gasteiger partial charge >= 0.3 is 11.9 Å². The normalized spacial score (nSPS) is 12.1. The fraction of sp³-hybridized carbons (Fsp3) is 0.947. The Morgan fingerprint density at radius 3 is 1.23 bits per heavy atom. The van der Waals surface area contributed by atoms with Crippen LogP contribution in [0.5, 0.6) is 0 Å². The van der Waals surface area contributed by atoms with Crippen LogP contribution in [0.3, 0.4) is 0 Å². The highest BCUT2D eigenvalue weighted by Crippen LogP contribution is 2.16. The summed E-state index contributed by atoms with van der Waals surface area (Å²) in [6, 6.07) is 0. The van der Waals surface area contributed by atoms with Gasteiger partial charge in [0.05, 0.1) is 6.61 Å². The number of carbonyl (C=O) groups is 2. The second-order valence-corrected chi connectivity index (χ2v) is 13.5. The number of hydrogen-bond donors (Lipinski definition) is 1. The Bertz CT molecular complexity index is 591. The van der Waals surface area contributed by atoms with Crippen LogP contribution in [-0.4, -0.2) is 36.4 Å². The molecule has 0 aromatic rings. The minimum absolute atomic E-state index is 0.0581. The monoisotopic (exact) mass is 611 g/mol. The quantitative estimate of drug-likeness (QED) is 0.0579. The third kappa shape index (κ3) is 33.6. The summed E-state index contributed by atoms with van der Waals surface area (Å²) in [4.78, 5) is 24.2. The average molecular weight is 611 g/mol. The van der Waals surface area contributed by atoms with Crippen molar-refractivity contribution < 1.29 is 24.2 Å². The van der Waals surface area contributed by atoms with Gasteiger partial charge in [-0.05, 0) is 18.8 Å². The number of aliphatic hydroxyl groups is 1. The fourth-order valence-corrected chi connectivity index (χ4v) is 5.68. The number of unbranched alkanes of at least 4 members (excludes halogenated alkanes) is 24. The van der Waals surface area contributed by atoms with Gasteiger partial charge in [-0.25, -0.2) is 0 Å². The molecule has 1 atom stereocenters. The molecular formula is C38H74O5. The van der Waals surface area contributed by atoms with E-state index in [1.165, 1.54) is 135 Å². The van der Waals surface area contributed by atoms with Gasteiger partial charge in [0, 0.05) is 12.8 Å². The van der Waals surface area contributed by atoms with Gasteiger partial charge in [-0.2, -0.15) is 0 Å². The second-order valence-electron chi connectivity index (χ2n) is 13.5. The Labute approximate surface area is 268 Å². The van der Waals surface area contributed by atoms with Gasteiger partial charge in [0.2, 0.25) is 0 Å². The summed E-state index contributed by atoms with van der Waals surface area (Å²) in [6.07, 6.45) is 34.4. The highest BCUT2D eigenvalue weighted by molar-refractivity contribution is 5.70. The van der Waals surface area contributed by atoms with Gasteiger partial charge in [0.25, 0.3) is 0 Å². The number of carbonyl (C=O) groups excluding carboxylic acids is 2. The summed E-state index contributed by atoms with van der Waals surface area (Å²) in [5.41, 5.74) is 0. The van der Waals surface area contributed by atoms with Crippen molar-refractivity contribution in [2.45, 2.75) is 213 Å². The molecule has 1 N–H and O–H groups in total. The summed E-state index contributed by atoms with van der Waals surface area (Å²) in [5.74, 6) is 0.257. The molecule has 0 fully saturated rings. The third-order valence-electron chi connectivity index (χ3n) is 8.58. The molecule has 0 aromatic heterocycles. The Morgan fingerprint density at radius 2 is 0.860 bits per heavy atom. The number of aliphatic hydroxyl groups excluding tert-OH is 1. The third-order valence-corrected chi connectivity index (χ3v) is 8.58. The first-order valence-electron chi connectivity index (χ1n) is 19.0. The zero-order valence-corrected chi connectivity index (χ0v) is 29.2. The molecule has 5 nitrogen and oxygen atoms in total. The van der Waals surface area contributed by atoms with E-state index in [9.17, 15) is 14.7 Å². The van der Waals surface area contributed by atoms with E-state index >= 15 is 0 Å². The van der Waals surface area contributed by atoms with Crippen LogP contribution >= 0.6 is 0 Å². The molecule has 0 bridgehead atoms. The highest BCUT2D eigenvalue weighted by atomic mass is 16.6. The molecule has 256 valence electrons. The summed E-state index contributed by atoms with van der Waals surface area (Å²) in [6.45, 7) is 6.49. The average Bonchev–Trinajstić information content (AvgIpc) is 2.99. The van der Waals surface area contributed by atoms with Crippen LogP contribution in [0.2, 0.25) is 0 Å². The predicted molar refractivity (Wildman–Crippen MR) is 182 cm³/mol. The molecule has 0 aliphatic carbocycles.